The normalized spacial score (nSPS) is 9.39. The van der Waals surface area contributed by atoms with Gasteiger partial charge in [0.05, 0.1) is 4.92 Å². The monoisotopic (exact) mass is 250 g/mol. The summed E-state index contributed by atoms with van der Waals surface area (Å²) in [5.74, 6) is -0.637. The minimum atomic E-state index is -0.683. The van der Waals surface area contributed by atoms with E-state index in [0.29, 0.717) is 0 Å². The van der Waals surface area contributed by atoms with E-state index in [1.54, 1.807) is 0 Å². The highest BCUT2D eigenvalue weighted by atomic mass is 16.6. The predicted molar refractivity (Wildman–Crippen MR) is 63.3 cm³/mol. The van der Waals surface area contributed by atoms with Gasteiger partial charge in [-0.25, -0.2) is 0 Å². The summed E-state index contributed by atoms with van der Waals surface area (Å²) in [5, 5.41) is 16.5. The number of carbonyl (C=O) groups is 1. The zero-order valence-electron chi connectivity index (χ0n) is 9.24. The number of nitrogens with zero attached hydrogens (tertiary/aromatic N) is 4. The maximum atomic E-state index is 11.7. The van der Waals surface area contributed by atoms with Crippen LogP contribution in [0.15, 0.2) is 23.3 Å². The van der Waals surface area contributed by atoms with Crippen molar-refractivity contribution < 1.29 is 9.72 Å². The zero-order valence-corrected chi connectivity index (χ0v) is 9.24. The maximum absolute atomic E-state index is 11.7. The second-order valence-electron chi connectivity index (χ2n) is 3.19. The number of amides is 1. The van der Waals surface area contributed by atoms with Crippen molar-refractivity contribution in [1.29, 1.82) is 0 Å². The fourth-order valence-corrected chi connectivity index (χ4v) is 1.26. The molecule has 0 fully saturated rings. The standard InChI is InChI=1S/C9H10N6O3/c10-3-4-12-9(16)7-5-6(13-14-11)1-2-8(7)15(17)18/h1-2,5H,3-4,10H2,(H,12,16). The summed E-state index contributed by atoms with van der Waals surface area (Å²) < 4.78 is 0. The van der Waals surface area contributed by atoms with E-state index in [2.05, 4.69) is 15.3 Å². The summed E-state index contributed by atoms with van der Waals surface area (Å²) in [7, 11) is 0. The lowest BCUT2D eigenvalue weighted by atomic mass is 10.1. The lowest BCUT2D eigenvalue weighted by Gasteiger charge is -2.05. The summed E-state index contributed by atoms with van der Waals surface area (Å²) in [4.78, 5) is 24.3. The van der Waals surface area contributed by atoms with Gasteiger partial charge in [-0.3, -0.25) is 14.9 Å². The maximum Gasteiger partial charge on any atom is 0.282 e. The smallest absolute Gasteiger partial charge is 0.282 e. The first-order valence-electron chi connectivity index (χ1n) is 4.92. The molecule has 0 aliphatic carbocycles. The Bertz CT molecular complexity index is 523. The molecule has 0 aliphatic heterocycles. The summed E-state index contributed by atoms with van der Waals surface area (Å²) in [6.45, 7) is 0.414. The van der Waals surface area contributed by atoms with Gasteiger partial charge in [0.1, 0.15) is 5.56 Å². The molecule has 1 aromatic rings. The first kappa shape index (κ1) is 13.4. The third-order valence-corrected chi connectivity index (χ3v) is 2.01. The Morgan fingerprint density at radius 1 is 1.61 bits per heavy atom. The Hall–Kier alpha value is -2.64. The van der Waals surface area contributed by atoms with Crippen LogP contribution in [0.5, 0.6) is 0 Å². The molecule has 0 radical (unpaired) electrons. The van der Waals surface area contributed by atoms with Gasteiger partial charge in [0.2, 0.25) is 0 Å². The number of rotatable bonds is 5. The van der Waals surface area contributed by atoms with E-state index in [4.69, 9.17) is 11.3 Å². The second-order valence-corrected chi connectivity index (χ2v) is 3.19. The van der Waals surface area contributed by atoms with Crippen LogP contribution in [0.2, 0.25) is 0 Å². The molecule has 0 saturated heterocycles. The molecule has 3 N–H and O–H groups in total. The van der Waals surface area contributed by atoms with E-state index >= 15 is 0 Å². The number of carbonyl (C=O) groups excluding carboxylic acids is 1. The quantitative estimate of drug-likeness (QED) is 0.266. The summed E-state index contributed by atoms with van der Waals surface area (Å²) in [6.07, 6.45) is 0. The van der Waals surface area contributed by atoms with Gasteiger partial charge in [-0.1, -0.05) is 5.11 Å². The van der Waals surface area contributed by atoms with E-state index in [-0.39, 0.29) is 30.0 Å². The Labute approximate surface area is 101 Å². The number of hydrogen-bond acceptors (Lipinski definition) is 5. The van der Waals surface area contributed by atoms with E-state index < -0.39 is 10.8 Å². The van der Waals surface area contributed by atoms with Crippen molar-refractivity contribution in [1.82, 2.24) is 5.32 Å². The number of hydrogen-bond donors (Lipinski definition) is 2. The molecule has 0 aromatic heterocycles. The van der Waals surface area contributed by atoms with Crippen molar-refractivity contribution in [3.05, 3.63) is 44.3 Å². The molecule has 0 saturated carbocycles. The van der Waals surface area contributed by atoms with Gasteiger partial charge in [0.25, 0.3) is 11.6 Å². The topological polar surface area (TPSA) is 147 Å². The Morgan fingerprint density at radius 2 is 2.33 bits per heavy atom. The fraction of sp³-hybridized carbons (Fsp3) is 0.222. The van der Waals surface area contributed by atoms with Crippen LogP contribution in [0.25, 0.3) is 10.4 Å². The number of benzene rings is 1. The summed E-state index contributed by atoms with van der Waals surface area (Å²) in [6, 6.07) is 3.53. The van der Waals surface area contributed by atoms with Crippen LogP contribution in [0.3, 0.4) is 0 Å². The number of nitrogens with two attached hydrogens (primary N) is 1. The molecule has 0 bridgehead atoms. The minimum absolute atomic E-state index is 0.126. The molecule has 1 amide bonds. The average molecular weight is 250 g/mol. The Kier molecular flexibility index (Phi) is 4.61. The molecule has 9 nitrogen and oxygen atoms in total. The van der Waals surface area contributed by atoms with Crippen LogP contribution in [-0.2, 0) is 0 Å². The number of nitro benzene ring substituents is 1. The van der Waals surface area contributed by atoms with Gasteiger partial charge in [-0.15, -0.1) is 0 Å². The van der Waals surface area contributed by atoms with Crippen LogP contribution < -0.4 is 11.1 Å². The third kappa shape index (κ3) is 3.17. The highest BCUT2D eigenvalue weighted by molar-refractivity contribution is 5.98. The van der Waals surface area contributed by atoms with Crippen LogP contribution in [0.1, 0.15) is 10.4 Å². The number of azide groups is 1. The zero-order chi connectivity index (χ0) is 13.5. The van der Waals surface area contributed by atoms with Gasteiger partial charge < -0.3 is 11.1 Å². The first-order chi connectivity index (χ1) is 8.60. The highest BCUT2D eigenvalue weighted by Crippen LogP contribution is 2.24. The average Bonchev–Trinajstić information content (AvgIpc) is 2.36. The fourth-order valence-electron chi connectivity index (χ4n) is 1.26. The van der Waals surface area contributed by atoms with Gasteiger partial charge in [0, 0.05) is 29.8 Å². The molecular weight excluding hydrogens is 240 g/mol. The van der Waals surface area contributed by atoms with Crippen LogP contribution in [0.4, 0.5) is 11.4 Å². The van der Waals surface area contributed by atoms with E-state index in [1.807, 2.05) is 0 Å². The van der Waals surface area contributed by atoms with Crippen molar-refractivity contribution in [3.63, 3.8) is 0 Å². The Morgan fingerprint density at radius 3 is 2.89 bits per heavy atom. The van der Waals surface area contributed by atoms with Gasteiger partial charge >= 0.3 is 0 Å². The number of nitro groups is 1. The van der Waals surface area contributed by atoms with Crippen LogP contribution in [0, 0.1) is 10.1 Å². The second kappa shape index (κ2) is 6.18. The van der Waals surface area contributed by atoms with Gasteiger partial charge in [0.15, 0.2) is 0 Å². The van der Waals surface area contributed by atoms with Crippen molar-refractivity contribution >= 4 is 17.3 Å². The molecule has 0 spiro atoms. The van der Waals surface area contributed by atoms with Crippen molar-refractivity contribution in [2.45, 2.75) is 0 Å². The molecule has 0 heterocycles. The molecule has 0 atom stereocenters. The predicted octanol–water partition coefficient (Wildman–Crippen LogP) is 1.23. The summed E-state index contributed by atoms with van der Waals surface area (Å²) in [5.41, 5.74) is 13.1. The van der Waals surface area contributed by atoms with E-state index in [9.17, 15) is 14.9 Å². The largest absolute Gasteiger partial charge is 0.351 e. The molecule has 18 heavy (non-hydrogen) atoms. The Balaban J connectivity index is 3.18. The van der Waals surface area contributed by atoms with Crippen molar-refractivity contribution in [2.24, 2.45) is 10.8 Å². The molecule has 9 heteroatoms. The van der Waals surface area contributed by atoms with Crippen LogP contribution in [-0.4, -0.2) is 23.9 Å². The molecule has 1 rings (SSSR count). The minimum Gasteiger partial charge on any atom is -0.351 e. The SMILES string of the molecule is [N-]=[N+]=Nc1ccc([N+](=O)[O-])c(C(=O)NCCN)c1. The highest BCUT2D eigenvalue weighted by Gasteiger charge is 2.19. The summed E-state index contributed by atoms with van der Waals surface area (Å²) >= 11 is 0. The molecule has 0 aliphatic rings. The van der Waals surface area contributed by atoms with Crippen LogP contribution >= 0.6 is 0 Å². The number of nitrogens with one attached hydrogen (secondary N) is 1. The van der Waals surface area contributed by atoms with E-state index in [0.717, 1.165) is 12.1 Å². The molecule has 94 valence electrons. The molecule has 1 aromatic carbocycles. The lowest BCUT2D eigenvalue weighted by Crippen LogP contribution is -2.29. The van der Waals surface area contributed by atoms with E-state index in [1.165, 1.54) is 6.07 Å². The van der Waals surface area contributed by atoms with Gasteiger partial charge in [-0.05, 0) is 17.7 Å². The lowest BCUT2D eigenvalue weighted by molar-refractivity contribution is -0.385. The molecule has 0 unspecified atom stereocenters. The first-order valence-corrected chi connectivity index (χ1v) is 4.92. The van der Waals surface area contributed by atoms with Gasteiger partial charge in [-0.2, -0.15) is 0 Å². The molecular formula is C9H10N6O3. The van der Waals surface area contributed by atoms with Crippen molar-refractivity contribution in [2.75, 3.05) is 13.1 Å². The third-order valence-electron chi connectivity index (χ3n) is 2.01. The van der Waals surface area contributed by atoms with Crippen molar-refractivity contribution in [3.8, 4) is 0 Å².